The van der Waals surface area contributed by atoms with E-state index in [1.54, 1.807) is 37.4 Å². The summed E-state index contributed by atoms with van der Waals surface area (Å²) in [4.78, 5) is 12.2. The van der Waals surface area contributed by atoms with Crippen LogP contribution in [-0.4, -0.2) is 19.6 Å². The lowest BCUT2D eigenvalue weighted by atomic mass is 10.1. The molecule has 116 valence electrons. The van der Waals surface area contributed by atoms with Gasteiger partial charge in [-0.2, -0.15) is 0 Å². The third-order valence-corrected chi connectivity index (χ3v) is 3.09. The highest BCUT2D eigenvalue weighted by Gasteiger charge is 2.11. The van der Waals surface area contributed by atoms with E-state index in [4.69, 9.17) is 9.47 Å². The van der Waals surface area contributed by atoms with Gasteiger partial charge in [-0.25, -0.2) is 4.39 Å². The summed E-state index contributed by atoms with van der Waals surface area (Å²) in [7, 11) is 1.55. The number of carbonyl (C=O) groups is 1. The number of nitrogens with one attached hydrogen (secondary N) is 1. The van der Waals surface area contributed by atoms with Crippen molar-refractivity contribution in [2.24, 2.45) is 0 Å². The molecule has 0 unspecified atom stereocenters. The first kappa shape index (κ1) is 15.8. The van der Waals surface area contributed by atoms with Crippen LogP contribution in [0.2, 0.25) is 0 Å². The molecule has 0 atom stereocenters. The summed E-state index contributed by atoms with van der Waals surface area (Å²) in [6.45, 7) is 2.67. The number of carbonyl (C=O) groups excluding carboxylic acids is 1. The van der Waals surface area contributed by atoms with E-state index < -0.39 is 0 Å². The van der Waals surface area contributed by atoms with Crippen LogP contribution in [0.1, 0.15) is 22.8 Å². The van der Waals surface area contributed by atoms with Gasteiger partial charge in [0, 0.05) is 12.1 Å². The third-order valence-electron chi connectivity index (χ3n) is 3.09. The highest BCUT2D eigenvalue weighted by atomic mass is 19.1. The quantitative estimate of drug-likeness (QED) is 0.891. The zero-order valence-corrected chi connectivity index (χ0v) is 12.6. The molecule has 0 aliphatic rings. The predicted octanol–water partition coefficient (Wildman–Crippen LogP) is 3.16. The number of ether oxygens (including phenoxy) is 2. The van der Waals surface area contributed by atoms with E-state index in [1.165, 1.54) is 12.1 Å². The molecule has 2 rings (SSSR count). The van der Waals surface area contributed by atoms with Crippen molar-refractivity contribution in [3.63, 3.8) is 0 Å². The summed E-state index contributed by atoms with van der Waals surface area (Å²) in [5.74, 6) is 0.580. The van der Waals surface area contributed by atoms with Crippen LogP contribution in [0.3, 0.4) is 0 Å². The average Bonchev–Trinajstić information content (AvgIpc) is 2.54. The van der Waals surface area contributed by atoms with Crippen molar-refractivity contribution in [2.75, 3.05) is 13.7 Å². The molecule has 22 heavy (non-hydrogen) atoms. The van der Waals surface area contributed by atoms with E-state index in [-0.39, 0.29) is 11.7 Å². The second kappa shape index (κ2) is 7.45. The first-order valence-electron chi connectivity index (χ1n) is 6.97. The van der Waals surface area contributed by atoms with Crippen molar-refractivity contribution in [2.45, 2.75) is 13.5 Å². The Morgan fingerprint density at radius 2 is 1.86 bits per heavy atom. The molecule has 0 aliphatic carbocycles. The summed E-state index contributed by atoms with van der Waals surface area (Å²) >= 11 is 0. The Bertz CT molecular complexity index is 641. The third kappa shape index (κ3) is 3.97. The SMILES string of the molecule is CCOc1cc(C(=O)NCc2ccc(F)cc2)ccc1OC. The molecule has 0 aliphatic heterocycles. The summed E-state index contributed by atoms with van der Waals surface area (Å²) < 4.78 is 23.5. The van der Waals surface area contributed by atoms with Crippen molar-refractivity contribution in [1.29, 1.82) is 0 Å². The van der Waals surface area contributed by atoms with Crippen molar-refractivity contribution in [1.82, 2.24) is 5.32 Å². The van der Waals surface area contributed by atoms with Gasteiger partial charge in [0.2, 0.25) is 0 Å². The number of halogens is 1. The maximum absolute atomic E-state index is 12.8. The van der Waals surface area contributed by atoms with Crippen LogP contribution in [0.15, 0.2) is 42.5 Å². The molecule has 1 amide bonds. The van der Waals surface area contributed by atoms with Crippen LogP contribution in [0.4, 0.5) is 4.39 Å². The number of hydrogen-bond donors (Lipinski definition) is 1. The number of methoxy groups -OCH3 is 1. The first-order valence-corrected chi connectivity index (χ1v) is 6.97. The molecular formula is C17H18FNO3. The zero-order valence-electron chi connectivity index (χ0n) is 12.6. The number of benzene rings is 2. The van der Waals surface area contributed by atoms with Crippen LogP contribution in [-0.2, 0) is 6.54 Å². The van der Waals surface area contributed by atoms with Gasteiger partial charge in [0.05, 0.1) is 13.7 Å². The van der Waals surface area contributed by atoms with Gasteiger partial charge in [0.25, 0.3) is 5.91 Å². The summed E-state index contributed by atoms with van der Waals surface area (Å²) in [5, 5.41) is 2.78. The number of amides is 1. The number of rotatable bonds is 6. The van der Waals surface area contributed by atoms with Crippen LogP contribution in [0, 0.1) is 5.82 Å². The highest BCUT2D eigenvalue weighted by molar-refractivity contribution is 5.94. The molecular weight excluding hydrogens is 285 g/mol. The lowest BCUT2D eigenvalue weighted by molar-refractivity contribution is 0.0950. The van der Waals surface area contributed by atoms with E-state index in [0.717, 1.165) is 5.56 Å². The van der Waals surface area contributed by atoms with E-state index in [9.17, 15) is 9.18 Å². The van der Waals surface area contributed by atoms with Gasteiger partial charge >= 0.3 is 0 Å². The maximum Gasteiger partial charge on any atom is 0.251 e. The Balaban J connectivity index is 2.05. The largest absolute Gasteiger partial charge is 0.493 e. The van der Waals surface area contributed by atoms with Crippen LogP contribution in [0.5, 0.6) is 11.5 Å². The Morgan fingerprint density at radius 1 is 1.14 bits per heavy atom. The molecule has 2 aromatic rings. The molecule has 1 N–H and O–H groups in total. The molecule has 0 saturated heterocycles. The lowest BCUT2D eigenvalue weighted by Crippen LogP contribution is -2.22. The monoisotopic (exact) mass is 303 g/mol. The fraction of sp³-hybridized carbons (Fsp3) is 0.235. The fourth-order valence-corrected chi connectivity index (χ4v) is 1.97. The van der Waals surface area contributed by atoms with E-state index in [1.807, 2.05) is 6.92 Å². The molecule has 0 bridgehead atoms. The van der Waals surface area contributed by atoms with Gasteiger partial charge in [-0.05, 0) is 42.8 Å². The van der Waals surface area contributed by atoms with Crippen molar-refractivity contribution in [3.05, 3.63) is 59.4 Å². The van der Waals surface area contributed by atoms with Crippen molar-refractivity contribution in [3.8, 4) is 11.5 Å². The first-order chi connectivity index (χ1) is 10.6. The van der Waals surface area contributed by atoms with E-state index >= 15 is 0 Å². The second-order valence-electron chi connectivity index (χ2n) is 4.61. The summed E-state index contributed by atoms with van der Waals surface area (Å²) in [5.41, 5.74) is 1.31. The van der Waals surface area contributed by atoms with Crippen LogP contribution < -0.4 is 14.8 Å². The van der Waals surface area contributed by atoms with Crippen LogP contribution in [0.25, 0.3) is 0 Å². The minimum absolute atomic E-state index is 0.229. The average molecular weight is 303 g/mol. The Labute approximate surface area is 128 Å². The molecule has 5 heteroatoms. The Kier molecular flexibility index (Phi) is 5.36. The van der Waals surface area contributed by atoms with E-state index in [0.29, 0.717) is 30.2 Å². The Hall–Kier alpha value is -2.56. The topological polar surface area (TPSA) is 47.6 Å². The Morgan fingerprint density at radius 3 is 2.50 bits per heavy atom. The minimum Gasteiger partial charge on any atom is -0.493 e. The highest BCUT2D eigenvalue weighted by Crippen LogP contribution is 2.28. The molecule has 0 radical (unpaired) electrons. The van der Waals surface area contributed by atoms with Gasteiger partial charge < -0.3 is 14.8 Å². The molecule has 2 aromatic carbocycles. The fourth-order valence-electron chi connectivity index (χ4n) is 1.97. The normalized spacial score (nSPS) is 10.1. The smallest absolute Gasteiger partial charge is 0.251 e. The van der Waals surface area contributed by atoms with Crippen molar-refractivity contribution >= 4 is 5.91 Å². The summed E-state index contributed by atoms with van der Waals surface area (Å²) in [6.07, 6.45) is 0. The molecule has 0 heterocycles. The van der Waals surface area contributed by atoms with Gasteiger partial charge in [-0.15, -0.1) is 0 Å². The van der Waals surface area contributed by atoms with Gasteiger partial charge in [-0.1, -0.05) is 12.1 Å². The maximum atomic E-state index is 12.8. The van der Waals surface area contributed by atoms with Gasteiger partial charge in [-0.3, -0.25) is 4.79 Å². The minimum atomic E-state index is -0.299. The zero-order chi connectivity index (χ0) is 15.9. The van der Waals surface area contributed by atoms with Gasteiger partial charge in [0.1, 0.15) is 5.82 Å². The number of hydrogen-bond acceptors (Lipinski definition) is 3. The standard InChI is InChI=1S/C17H18FNO3/c1-3-22-16-10-13(6-9-15(16)21-2)17(20)19-11-12-4-7-14(18)8-5-12/h4-10H,3,11H2,1-2H3,(H,19,20). The van der Waals surface area contributed by atoms with Crippen LogP contribution >= 0.6 is 0 Å². The lowest BCUT2D eigenvalue weighted by Gasteiger charge is -2.11. The molecule has 0 aromatic heterocycles. The molecule has 0 spiro atoms. The predicted molar refractivity (Wildman–Crippen MR) is 81.7 cm³/mol. The molecule has 0 fully saturated rings. The van der Waals surface area contributed by atoms with E-state index in [2.05, 4.69) is 5.32 Å². The van der Waals surface area contributed by atoms with Crippen molar-refractivity contribution < 1.29 is 18.7 Å². The molecule has 4 nitrogen and oxygen atoms in total. The molecule has 0 saturated carbocycles. The summed E-state index contributed by atoms with van der Waals surface area (Å²) in [6, 6.07) is 11.0. The second-order valence-corrected chi connectivity index (χ2v) is 4.61. The van der Waals surface area contributed by atoms with Gasteiger partial charge in [0.15, 0.2) is 11.5 Å².